The zero-order valence-electron chi connectivity index (χ0n) is 16.7. The Morgan fingerprint density at radius 2 is 1.88 bits per heavy atom. The molecule has 0 saturated heterocycles. The van der Waals surface area contributed by atoms with Crippen molar-refractivity contribution in [1.82, 2.24) is 0 Å². The molecule has 1 aromatic carbocycles. The summed E-state index contributed by atoms with van der Waals surface area (Å²) in [5.41, 5.74) is 3.13. The van der Waals surface area contributed by atoms with Crippen molar-refractivity contribution in [2.75, 3.05) is 0 Å². The molecule has 2 heteroatoms. The van der Waals surface area contributed by atoms with E-state index in [-0.39, 0.29) is 11.3 Å². The normalized spacial score (nSPS) is 37.2. The number of carbonyl (C=O) groups is 1. The van der Waals surface area contributed by atoms with Crippen molar-refractivity contribution < 1.29 is 9.90 Å². The maximum Gasteiger partial charge on any atom is 0.330 e. The van der Waals surface area contributed by atoms with Gasteiger partial charge in [0, 0.05) is 16.9 Å². The first-order chi connectivity index (χ1) is 12.3. The van der Waals surface area contributed by atoms with Gasteiger partial charge in [-0.1, -0.05) is 68.8 Å². The number of carboxylic acids is 1. The van der Waals surface area contributed by atoms with Crippen LogP contribution in [-0.4, -0.2) is 11.1 Å². The van der Waals surface area contributed by atoms with Crippen LogP contribution < -0.4 is 0 Å². The number of rotatable bonds is 4. The molecule has 0 spiro atoms. The Morgan fingerprint density at radius 1 is 1.23 bits per heavy atom. The largest absolute Gasteiger partial charge is 0.478 e. The summed E-state index contributed by atoms with van der Waals surface area (Å²) in [5.74, 6) is 1.74. The van der Waals surface area contributed by atoms with Crippen LogP contribution in [0.4, 0.5) is 0 Å². The van der Waals surface area contributed by atoms with Crippen molar-refractivity contribution in [3.63, 3.8) is 0 Å². The molecule has 0 heterocycles. The standard InChI is InChI=1S/C24H32O2/c1-6-24(14-18(5)23(25)26)20(19-10-8-7-9-11-19)13-16(3)21-15(2)12-17(4)22(21)24/h7-11,13-15,17,20-22H,6,12H2,1-5H3,(H,25,26)/b18-14+/t15-,17-,20?,21+,22-,24+/m1/s1. The number of allylic oxidation sites excluding steroid dienone is 3. The molecule has 0 aliphatic heterocycles. The monoisotopic (exact) mass is 352 g/mol. The van der Waals surface area contributed by atoms with Crippen molar-refractivity contribution in [2.24, 2.45) is 29.1 Å². The highest BCUT2D eigenvalue weighted by Gasteiger charge is 2.55. The van der Waals surface area contributed by atoms with Crippen molar-refractivity contribution in [3.05, 3.63) is 59.2 Å². The second-order valence-electron chi connectivity index (χ2n) is 8.64. The van der Waals surface area contributed by atoms with Gasteiger partial charge in [-0.25, -0.2) is 4.79 Å². The molecule has 2 nitrogen and oxygen atoms in total. The number of carboxylic acid groups (broad SMARTS) is 1. The summed E-state index contributed by atoms with van der Waals surface area (Å²) >= 11 is 0. The van der Waals surface area contributed by atoms with Crippen LogP contribution in [0.3, 0.4) is 0 Å². The quantitative estimate of drug-likeness (QED) is 0.528. The van der Waals surface area contributed by atoms with E-state index in [1.165, 1.54) is 17.6 Å². The summed E-state index contributed by atoms with van der Waals surface area (Å²) in [6.07, 6.45) is 6.74. The van der Waals surface area contributed by atoms with E-state index >= 15 is 0 Å². The molecule has 0 aromatic heterocycles. The first-order valence-electron chi connectivity index (χ1n) is 9.97. The average Bonchev–Trinajstić information content (AvgIpc) is 2.93. The Labute approximate surface area is 158 Å². The molecule has 26 heavy (non-hydrogen) atoms. The fourth-order valence-corrected chi connectivity index (χ4v) is 6.20. The predicted octanol–water partition coefficient (Wildman–Crippen LogP) is 6.07. The molecular weight excluding hydrogens is 320 g/mol. The minimum absolute atomic E-state index is 0.141. The maximum atomic E-state index is 11.7. The molecule has 0 radical (unpaired) electrons. The summed E-state index contributed by atoms with van der Waals surface area (Å²) in [5, 5.41) is 9.61. The van der Waals surface area contributed by atoms with Gasteiger partial charge >= 0.3 is 5.97 Å². The van der Waals surface area contributed by atoms with Crippen LogP contribution in [0.2, 0.25) is 0 Å². The van der Waals surface area contributed by atoms with Gasteiger partial charge in [0.2, 0.25) is 0 Å². The van der Waals surface area contributed by atoms with E-state index in [0.29, 0.717) is 29.2 Å². The third kappa shape index (κ3) is 2.94. The number of hydrogen-bond donors (Lipinski definition) is 1. The van der Waals surface area contributed by atoms with Gasteiger partial charge in [0.1, 0.15) is 0 Å². The molecule has 140 valence electrons. The van der Waals surface area contributed by atoms with Gasteiger partial charge in [0.25, 0.3) is 0 Å². The SMILES string of the molecule is CC[C@]1(/C=C(\C)C(=O)O)C(c2ccccc2)C=C(C)[C@H]2[C@H]1[C@H](C)C[C@H]2C. The highest BCUT2D eigenvalue weighted by molar-refractivity contribution is 5.86. The van der Waals surface area contributed by atoms with E-state index in [1.54, 1.807) is 6.92 Å². The molecular formula is C24H32O2. The van der Waals surface area contributed by atoms with E-state index in [0.717, 1.165) is 6.42 Å². The lowest BCUT2D eigenvalue weighted by Crippen LogP contribution is -2.43. The summed E-state index contributed by atoms with van der Waals surface area (Å²) in [4.78, 5) is 11.7. The number of fused-ring (bicyclic) bond motifs is 1. The van der Waals surface area contributed by atoms with Gasteiger partial charge in [-0.2, -0.15) is 0 Å². The zero-order valence-corrected chi connectivity index (χ0v) is 16.7. The molecule has 3 rings (SSSR count). The molecule has 2 aliphatic carbocycles. The molecule has 1 fully saturated rings. The summed E-state index contributed by atoms with van der Waals surface area (Å²) < 4.78 is 0. The molecule has 0 bridgehead atoms. The van der Waals surface area contributed by atoms with Crippen LogP contribution in [-0.2, 0) is 4.79 Å². The molecule has 2 aliphatic rings. The average molecular weight is 353 g/mol. The Hall–Kier alpha value is -1.83. The second kappa shape index (κ2) is 7.06. The summed E-state index contributed by atoms with van der Waals surface area (Å²) in [6, 6.07) is 10.6. The minimum atomic E-state index is -0.800. The van der Waals surface area contributed by atoms with Crippen molar-refractivity contribution in [1.29, 1.82) is 0 Å². The van der Waals surface area contributed by atoms with Crippen molar-refractivity contribution in [3.8, 4) is 0 Å². The maximum absolute atomic E-state index is 11.7. The lowest BCUT2D eigenvalue weighted by atomic mass is 9.53. The van der Waals surface area contributed by atoms with Crippen LogP contribution in [0.1, 0.15) is 58.9 Å². The smallest absolute Gasteiger partial charge is 0.330 e. The van der Waals surface area contributed by atoms with Gasteiger partial charge < -0.3 is 5.11 Å². The molecule has 1 aromatic rings. The highest BCUT2D eigenvalue weighted by atomic mass is 16.4. The molecule has 1 N–H and O–H groups in total. The van der Waals surface area contributed by atoms with Crippen LogP contribution in [0, 0.1) is 29.1 Å². The number of aliphatic carboxylic acids is 1. The van der Waals surface area contributed by atoms with E-state index < -0.39 is 5.97 Å². The van der Waals surface area contributed by atoms with Crippen LogP contribution in [0.5, 0.6) is 0 Å². The fraction of sp³-hybridized carbons (Fsp3) is 0.542. The van der Waals surface area contributed by atoms with Crippen LogP contribution in [0.25, 0.3) is 0 Å². The molecule has 1 saturated carbocycles. The van der Waals surface area contributed by atoms with Crippen LogP contribution in [0.15, 0.2) is 53.6 Å². The third-order valence-corrected chi connectivity index (χ3v) is 7.11. The van der Waals surface area contributed by atoms with Crippen molar-refractivity contribution in [2.45, 2.75) is 53.4 Å². The number of hydrogen-bond acceptors (Lipinski definition) is 1. The van der Waals surface area contributed by atoms with Gasteiger partial charge in [-0.15, -0.1) is 0 Å². The zero-order chi connectivity index (χ0) is 19.1. The summed E-state index contributed by atoms with van der Waals surface area (Å²) in [7, 11) is 0. The Kier molecular flexibility index (Phi) is 5.14. The molecule has 1 unspecified atom stereocenters. The van der Waals surface area contributed by atoms with Crippen molar-refractivity contribution >= 4 is 5.97 Å². The lowest BCUT2D eigenvalue weighted by molar-refractivity contribution is -0.132. The van der Waals surface area contributed by atoms with Gasteiger partial charge in [-0.05, 0) is 55.9 Å². The van der Waals surface area contributed by atoms with Crippen LogP contribution >= 0.6 is 0 Å². The minimum Gasteiger partial charge on any atom is -0.478 e. The predicted molar refractivity (Wildman–Crippen MR) is 107 cm³/mol. The van der Waals surface area contributed by atoms with Gasteiger partial charge in [0.15, 0.2) is 0 Å². The number of benzene rings is 1. The van der Waals surface area contributed by atoms with E-state index in [4.69, 9.17) is 0 Å². The summed E-state index contributed by atoms with van der Waals surface area (Å²) in [6.45, 7) is 11.0. The highest BCUT2D eigenvalue weighted by Crippen LogP contribution is 2.63. The van der Waals surface area contributed by atoms with Gasteiger partial charge in [-0.3, -0.25) is 0 Å². The second-order valence-corrected chi connectivity index (χ2v) is 8.64. The lowest BCUT2D eigenvalue weighted by Gasteiger charge is -2.51. The topological polar surface area (TPSA) is 37.3 Å². The third-order valence-electron chi connectivity index (χ3n) is 7.11. The molecule has 0 amide bonds. The first-order valence-corrected chi connectivity index (χ1v) is 9.97. The van der Waals surface area contributed by atoms with E-state index in [2.05, 4.69) is 70.2 Å². The Balaban J connectivity index is 2.25. The van der Waals surface area contributed by atoms with E-state index in [9.17, 15) is 9.90 Å². The van der Waals surface area contributed by atoms with E-state index in [1.807, 2.05) is 0 Å². The fourth-order valence-electron chi connectivity index (χ4n) is 6.20. The van der Waals surface area contributed by atoms with Gasteiger partial charge in [0.05, 0.1) is 0 Å². The first kappa shape index (κ1) is 18.9. The Morgan fingerprint density at radius 3 is 2.46 bits per heavy atom. The molecule has 6 atom stereocenters. The Bertz CT molecular complexity index is 730.